The molecule has 2 aliphatic heterocycles. The Morgan fingerprint density at radius 3 is 2.57 bits per heavy atom. The number of aromatic amines is 1. The summed E-state index contributed by atoms with van der Waals surface area (Å²) in [5, 5.41) is 26.4. The third kappa shape index (κ3) is 8.06. The second kappa shape index (κ2) is 16.2. The van der Waals surface area contributed by atoms with Crippen LogP contribution >= 0.6 is 0 Å². The van der Waals surface area contributed by atoms with Gasteiger partial charge in [-0.2, -0.15) is 0 Å². The minimum atomic E-state index is -1.94. The van der Waals surface area contributed by atoms with Gasteiger partial charge in [0.2, 0.25) is 11.8 Å². The molecule has 2 aliphatic rings. The lowest BCUT2D eigenvalue weighted by Gasteiger charge is -2.36. The van der Waals surface area contributed by atoms with E-state index in [0.717, 1.165) is 46.0 Å². The van der Waals surface area contributed by atoms with Crippen molar-refractivity contribution in [2.75, 3.05) is 23.4 Å². The number of aliphatic hydroxyl groups is 2. The monoisotopic (exact) mass is 714 g/mol. The van der Waals surface area contributed by atoms with Crippen LogP contribution in [0.5, 0.6) is 0 Å². The zero-order valence-corrected chi connectivity index (χ0v) is 31.1. The van der Waals surface area contributed by atoms with E-state index in [1.807, 2.05) is 67.7 Å². The van der Waals surface area contributed by atoms with Crippen LogP contribution in [0.1, 0.15) is 69.2 Å². The molecule has 3 amide bonds. The van der Waals surface area contributed by atoms with Crippen LogP contribution < -0.4 is 10.2 Å². The molecule has 0 spiro atoms. The number of nitrogens with one attached hydrogen (secondary N) is 2. The molecule has 0 saturated heterocycles. The van der Waals surface area contributed by atoms with Gasteiger partial charge in [-0.05, 0) is 81.0 Å². The molecule has 3 heterocycles. The van der Waals surface area contributed by atoms with Gasteiger partial charge in [0.25, 0.3) is 5.91 Å². The summed E-state index contributed by atoms with van der Waals surface area (Å²) in [6.07, 6.45) is 12.0. The number of fused-ring (bicyclic) bond motifs is 3. The van der Waals surface area contributed by atoms with Crippen molar-refractivity contribution in [1.29, 1.82) is 0 Å². The molecule has 0 fully saturated rings. The van der Waals surface area contributed by atoms with Crippen LogP contribution in [-0.2, 0) is 39.4 Å². The van der Waals surface area contributed by atoms with Crippen LogP contribution in [0.4, 0.5) is 11.4 Å². The summed E-state index contributed by atoms with van der Waals surface area (Å²) in [7, 11) is 0. The number of nitrogens with zero attached hydrogens (tertiary/aromatic N) is 2. The van der Waals surface area contributed by atoms with Crippen LogP contribution in [-0.4, -0.2) is 57.0 Å². The maximum Gasteiger partial charge on any atom is 0.264 e. The summed E-state index contributed by atoms with van der Waals surface area (Å²) >= 11 is 0. The summed E-state index contributed by atoms with van der Waals surface area (Å²) in [4.78, 5) is 47.5. The maximum atomic E-state index is 14.3. The number of allylic oxidation sites excluding steroid dienone is 3. The third-order valence-corrected chi connectivity index (χ3v) is 10.6. The zero-order valence-electron chi connectivity index (χ0n) is 31.1. The van der Waals surface area contributed by atoms with Gasteiger partial charge in [-0.15, -0.1) is 0 Å². The van der Waals surface area contributed by atoms with Crippen molar-refractivity contribution in [3.05, 3.63) is 131 Å². The minimum Gasteiger partial charge on any atom is -0.394 e. The fraction of sp³-hybridized carbons (Fsp3) is 0.341. The molecule has 3 atom stereocenters. The molecule has 0 radical (unpaired) electrons. The van der Waals surface area contributed by atoms with E-state index in [0.29, 0.717) is 29.9 Å². The number of aromatic nitrogens is 1. The van der Waals surface area contributed by atoms with E-state index in [2.05, 4.69) is 30.2 Å². The number of H-pyrrole nitrogens is 1. The normalized spacial score (nSPS) is 19.0. The summed E-state index contributed by atoms with van der Waals surface area (Å²) in [6.45, 7) is 8.53. The lowest BCUT2D eigenvalue weighted by Crippen LogP contribution is -2.46. The van der Waals surface area contributed by atoms with E-state index in [1.54, 1.807) is 47.1 Å². The number of carbonyl (C=O) groups is 3. The highest BCUT2D eigenvalue weighted by molar-refractivity contribution is 6.08. The van der Waals surface area contributed by atoms with Crippen molar-refractivity contribution in [1.82, 2.24) is 9.88 Å². The molecule has 0 aliphatic carbocycles. The van der Waals surface area contributed by atoms with Crippen molar-refractivity contribution >= 4 is 40.0 Å². The number of carbonyl (C=O) groups excluding carboxylic acids is 3. The third-order valence-electron chi connectivity index (χ3n) is 10.6. The van der Waals surface area contributed by atoms with E-state index >= 15 is 0 Å². The Labute approximate surface area is 311 Å². The van der Waals surface area contributed by atoms with Crippen molar-refractivity contribution in [2.24, 2.45) is 5.92 Å². The summed E-state index contributed by atoms with van der Waals surface area (Å²) in [5.41, 5.74) is 5.94. The average molecular weight is 715 g/mol. The number of benzene rings is 3. The van der Waals surface area contributed by atoms with Crippen molar-refractivity contribution < 1.29 is 24.6 Å². The zero-order chi connectivity index (χ0) is 37.7. The quantitative estimate of drug-likeness (QED) is 0.110. The summed E-state index contributed by atoms with van der Waals surface area (Å²) < 4.78 is 0. The van der Waals surface area contributed by atoms with Gasteiger partial charge in [0.1, 0.15) is 0 Å². The van der Waals surface area contributed by atoms with E-state index in [-0.39, 0.29) is 43.8 Å². The Bertz CT molecular complexity index is 2090. The Hall–Kier alpha value is -5.25. The van der Waals surface area contributed by atoms with Gasteiger partial charge in [-0.3, -0.25) is 14.4 Å². The molecule has 9 nitrogen and oxygen atoms in total. The molecular weight excluding hydrogens is 665 g/mol. The fourth-order valence-electron chi connectivity index (χ4n) is 7.47. The first kappa shape index (κ1) is 37.5. The van der Waals surface area contributed by atoms with Gasteiger partial charge in [-0.25, -0.2) is 0 Å². The molecule has 4 aromatic rings. The molecule has 276 valence electrons. The Morgan fingerprint density at radius 1 is 1.04 bits per heavy atom. The molecule has 53 heavy (non-hydrogen) atoms. The molecular formula is C44H50N4O5. The van der Waals surface area contributed by atoms with Crippen LogP contribution in [0.15, 0.2) is 108 Å². The SMILES string of the molecule is CC(C)=CCC/C(C)=C/CN1C(=O)[C@](O)([C@H](C)/C=C/CC(=O)N2Cc3ccccc3C[C@H]2CO)c2cc(NC(=O)Cc3c[nH]c4ccccc34)ccc21. The molecule has 0 unspecified atom stereocenters. The Morgan fingerprint density at radius 2 is 1.79 bits per heavy atom. The number of anilines is 2. The largest absolute Gasteiger partial charge is 0.394 e. The Kier molecular flexibility index (Phi) is 11.5. The number of amides is 3. The lowest BCUT2D eigenvalue weighted by molar-refractivity contribution is -0.139. The van der Waals surface area contributed by atoms with Gasteiger partial charge in [0.05, 0.1) is 24.8 Å². The molecule has 9 heteroatoms. The van der Waals surface area contributed by atoms with Crippen LogP contribution in [0.3, 0.4) is 0 Å². The van der Waals surface area contributed by atoms with Crippen LogP contribution in [0, 0.1) is 5.92 Å². The molecule has 6 rings (SSSR count). The van der Waals surface area contributed by atoms with Gasteiger partial charge < -0.3 is 30.3 Å². The first-order valence-corrected chi connectivity index (χ1v) is 18.5. The highest BCUT2D eigenvalue weighted by Crippen LogP contribution is 2.46. The summed E-state index contributed by atoms with van der Waals surface area (Å²) in [6, 6.07) is 20.7. The van der Waals surface area contributed by atoms with E-state index in [4.69, 9.17) is 0 Å². The summed E-state index contributed by atoms with van der Waals surface area (Å²) in [5.74, 6) is -1.52. The molecule has 3 aromatic carbocycles. The van der Waals surface area contributed by atoms with E-state index < -0.39 is 17.4 Å². The van der Waals surface area contributed by atoms with Gasteiger partial charge >= 0.3 is 0 Å². The first-order valence-electron chi connectivity index (χ1n) is 18.5. The van der Waals surface area contributed by atoms with Crippen molar-refractivity contribution in [3.8, 4) is 0 Å². The highest BCUT2D eigenvalue weighted by atomic mass is 16.3. The number of aliphatic hydroxyl groups excluding tert-OH is 1. The highest BCUT2D eigenvalue weighted by Gasteiger charge is 2.52. The number of rotatable bonds is 13. The van der Waals surface area contributed by atoms with Crippen molar-refractivity contribution in [2.45, 2.75) is 78.0 Å². The fourth-order valence-corrected chi connectivity index (χ4v) is 7.47. The lowest BCUT2D eigenvalue weighted by atomic mass is 9.82. The molecule has 0 saturated carbocycles. The van der Waals surface area contributed by atoms with Crippen LogP contribution in [0.25, 0.3) is 10.9 Å². The molecule has 4 N–H and O–H groups in total. The maximum absolute atomic E-state index is 14.3. The topological polar surface area (TPSA) is 126 Å². The smallest absolute Gasteiger partial charge is 0.264 e. The van der Waals surface area contributed by atoms with E-state index in [9.17, 15) is 24.6 Å². The number of hydrogen-bond donors (Lipinski definition) is 4. The average Bonchev–Trinajstić information content (AvgIpc) is 3.65. The molecule has 0 bridgehead atoms. The standard InChI is InChI=1S/C44H50N4O5/c1-29(2)11-9-12-30(3)21-22-47-40-20-19-35(46-41(50)24-34-26-45-39-17-8-7-16-37(34)39)25-38(40)44(53,43(47)52)31(4)13-10-18-42(51)48-27-33-15-6-5-14-32(33)23-36(48)28-49/h5-8,10-11,13-17,19-21,25-26,31,36,45,49,53H,9,12,18,22-24,27-28H2,1-4H3,(H,46,50)/b13-10+,30-21+/t31-,36+,44+/m1/s1. The minimum absolute atomic E-state index is 0.0569. The van der Waals surface area contributed by atoms with Gasteiger partial charge in [0.15, 0.2) is 5.60 Å². The molecule has 1 aromatic heterocycles. The van der Waals surface area contributed by atoms with Gasteiger partial charge in [0, 0.05) is 53.8 Å². The van der Waals surface area contributed by atoms with Gasteiger partial charge in [-0.1, -0.05) is 84.8 Å². The second-order valence-corrected chi connectivity index (χ2v) is 14.6. The second-order valence-electron chi connectivity index (χ2n) is 14.6. The van der Waals surface area contributed by atoms with Crippen LogP contribution in [0.2, 0.25) is 0 Å². The predicted octanol–water partition coefficient (Wildman–Crippen LogP) is 7.10. The Balaban J connectivity index is 1.22. The van der Waals surface area contributed by atoms with E-state index in [1.165, 1.54) is 5.57 Å². The number of hydrogen-bond acceptors (Lipinski definition) is 5. The predicted molar refractivity (Wildman–Crippen MR) is 210 cm³/mol. The first-order chi connectivity index (χ1) is 25.5. The number of para-hydroxylation sites is 1. The van der Waals surface area contributed by atoms with Crippen molar-refractivity contribution in [3.63, 3.8) is 0 Å².